The normalized spacial score (nSPS) is 12.7. The molecule has 3 aromatic rings. The Morgan fingerprint density at radius 3 is 1.94 bits per heavy atom. The van der Waals surface area contributed by atoms with Gasteiger partial charge in [-0.3, -0.25) is 0 Å². The van der Waals surface area contributed by atoms with Gasteiger partial charge in [0.05, 0.1) is 38.0 Å². The second kappa shape index (κ2) is 12.0. The highest BCUT2D eigenvalue weighted by Gasteiger charge is 2.55. The van der Waals surface area contributed by atoms with E-state index in [4.69, 9.17) is 44.2 Å². The molecule has 3 rings (SSSR count). The first kappa shape index (κ1) is 26.4. The van der Waals surface area contributed by atoms with E-state index in [-0.39, 0.29) is 11.5 Å². The Balaban J connectivity index is 1.89. The predicted octanol–water partition coefficient (Wildman–Crippen LogP) is 5.28. The van der Waals surface area contributed by atoms with Gasteiger partial charge < -0.3 is 18.9 Å². The third-order valence-corrected chi connectivity index (χ3v) is 6.13. The monoisotopic (exact) mass is 522 g/mol. The van der Waals surface area contributed by atoms with Crippen LogP contribution in [-0.2, 0) is 9.52 Å². The maximum absolute atomic E-state index is 13.1. The van der Waals surface area contributed by atoms with Gasteiger partial charge in [-0.2, -0.15) is 5.90 Å². The van der Waals surface area contributed by atoms with E-state index in [1.54, 1.807) is 57.7 Å². The fraction of sp³-hybridized carbons (Fsp3) is 0.167. The summed E-state index contributed by atoms with van der Waals surface area (Å²) in [5.41, 5.74) is 1.52. The summed E-state index contributed by atoms with van der Waals surface area (Å²) in [6.45, 7) is 0. The minimum Gasteiger partial charge on any atom is -0.493 e. The van der Waals surface area contributed by atoms with Gasteiger partial charge in [0.25, 0.3) is 0 Å². The van der Waals surface area contributed by atoms with Crippen LogP contribution in [0.25, 0.3) is 12.2 Å². The second-order valence-electron chi connectivity index (χ2n) is 6.92. The zero-order valence-electron chi connectivity index (χ0n) is 19.6. The molecule has 9 nitrogen and oxygen atoms in total. The van der Waals surface area contributed by atoms with E-state index in [0.29, 0.717) is 33.6 Å². The Morgan fingerprint density at radius 2 is 1.37 bits per heavy atom. The zero-order chi connectivity index (χ0) is 25.4. The molecule has 11 heteroatoms. The first-order valence-corrected chi connectivity index (χ1v) is 12.0. The Morgan fingerprint density at radius 1 is 0.743 bits per heavy atom. The molecule has 0 saturated heterocycles. The molecule has 0 fully saturated rings. The lowest BCUT2D eigenvalue weighted by molar-refractivity contribution is -0.645. The maximum atomic E-state index is 13.1. The number of methoxy groups -OCH3 is 4. The molecule has 3 N–H and O–H groups in total. The third-order valence-electron chi connectivity index (χ3n) is 4.72. The molecule has 0 aromatic heterocycles. The van der Waals surface area contributed by atoms with Crippen LogP contribution in [0.2, 0.25) is 5.02 Å². The molecule has 185 valence electrons. The number of ether oxygens (including phenoxy) is 4. The van der Waals surface area contributed by atoms with Gasteiger partial charge in [0, 0.05) is 11.1 Å². The van der Waals surface area contributed by atoms with Crippen LogP contribution in [0.4, 0.5) is 0 Å². The van der Waals surface area contributed by atoms with Crippen LogP contribution in [-0.4, -0.2) is 28.4 Å². The van der Waals surface area contributed by atoms with Crippen molar-refractivity contribution in [3.63, 3.8) is 0 Å². The van der Waals surface area contributed by atoms with Gasteiger partial charge in [-0.15, -0.1) is 0 Å². The van der Waals surface area contributed by atoms with E-state index < -0.39 is 8.17 Å². The summed E-state index contributed by atoms with van der Waals surface area (Å²) < 4.78 is 37.4. The summed E-state index contributed by atoms with van der Waals surface area (Å²) in [6, 6.07) is 15.0. The SMILES string of the molecule is COc1ccc(/C=C\c2cc(OC)c(OC)c(OC)c2)cc1O[P+]([O])(O[NH3+])Oc1cccc(Cl)c1. The second-order valence-corrected chi connectivity index (χ2v) is 8.87. The Labute approximate surface area is 209 Å². The predicted molar refractivity (Wildman–Crippen MR) is 132 cm³/mol. The first-order valence-electron chi connectivity index (χ1n) is 10.2. The van der Waals surface area contributed by atoms with Crippen LogP contribution in [0, 0.1) is 0 Å². The van der Waals surface area contributed by atoms with Crippen molar-refractivity contribution in [1.82, 2.24) is 0 Å². The number of halogens is 1. The van der Waals surface area contributed by atoms with E-state index >= 15 is 0 Å². The smallest absolute Gasteiger partial charge is 0.493 e. The molecule has 0 spiro atoms. The lowest BCUT2D eigenvalue weighted by Crippen LogP contribution is -2.49. The molecular formula is C24H26ClNO8P+2. The standard InChI is InChI=1S/C24H26ClNO8P/c1-28-20-11-10-16(8-9-17-13-22(29-2)24(31-4)23(14-17)30-3)12-21(20)33-35(27,34-26)32-19-7-5-6-18(25)15-19/h5-15H,1-4,26H3/q+2/b9-8-. The number of quaternary nitrogens is 1. The van der Waals surface area contributed by atoms with Gasteiger partial charge in [-0.1, -0.05) is 35.9 Å². The average Bonchev–Trinajstić information content (AvgIpc) is 2.86. The molecule has 0 aliphatic rings. The van der Waals surface area contributed by atoms with Gasteiger partial charge in [0.1, 0.15) is 0 Å². The van der Waals surface area contributed by atoms with Crippen molar-refractivity contribution < 1.29 is 43.4 Å². The average molecular weight is 523 g/mol. The molecule has 0 aliphatic carbocycles. The lowest BCUT2D eigenvalue weighted by atomic mass is 10.1. The summed E-state index contributed by atoms with van der Waals surface area (Å²) >= 11 is 5.97. The van der Waals surface area contributed by atoms with Crippen molar-refractivity contribution in [2.75, 3.05) is 28.4 Å². The quantitative estimate of drug-likeness (QED) is 0.207. The summed E-state index contributed by atoms with van der Waals surface area (Å²) in [5, 5.41) is 0.398. The number of benzene rings is 3. The van der Waals surface area contributed by atoms with Crippen LogP contribution in [0.5, 0.6) is 34.5 Å². The maximum Gasteiger partial charge on any atom is 0.756 e. The van der Waals surface area contributed by atoms with Crippen molar-refractivity contribution in [3.8, 4) is 34.5 Å². The highest BCUT2D eigenvalue weighted by atomic mass is 35.5. The molecule has 0 aliphatic heterocycles. The van der Waals surface area contributed by atoms with Crippen LogP contribution < -0.4 is 33.9 Å². The molecular weight excluding hydrogens is 497 g/mol. The molecule has 35 heavy (non-hydrogen) atoms. The summed E-state index contributed by atoms with van der Waals surface area (Å²) in [5.74, 6) is 5.43. The van der Waals surface area contributed by atoms with Crippen LogP contribution in [0.1, 0.15) is 11.1 Å². The van der Waals surface area contributed by atoms with Crippen LogP contribution in [0.15, 0.2) is 54.6 Å². The summed E-state index contributed by atoms with van der Waals surface area (Å²) in [6.07, 6.45) is 3.66. The Hall–Kier alpha value is -3.20. The molecule has 1 atom stereocenters. The van der Waals surface area contributed by atoms with Crippen molar-refractivity contribution >= 4 is 31.9 Å². The fourth-order valence-corrected chi connectivity index (χ4v) is 4.18. The molecule has 0 heterocycles. The van der Waals surface area contributed by atoms with E-state index in [1.807, 2.05) is 24.3 Å². The summed E-state index contributed by atoms with van der Waals surface area (Å²) in [4.78, 5) is 13.1. The van der Waals surface area contributed by atoms with Gasteiger partial charge >= 0.3 is 8.17 Å². The Kier molecular flexibility index (Phi) is 9.03. The topological polar surface area (TPSA) is 112 Å². The highest BCUT2D eigenvalue weighted by molar-refractivity contribution is 7.55. The lowest BCUT2D eigenvalue weighted by Gasteiger charge is -2.13. The third kappa shape index (κ3) is 6.69. The van der Waals surface area contributed by atoms with E-state index in [9.17, 15) is 4.89 Å². The minimum atomic E-state index is -4.15. The van der Waals surface area contributed by atoms with Gasteiger partial charge in [-0.25, -0.2) is 9.05 Å². The summed E-state index contributed by atoms with van der Waals surface area (Å²) in [7, 11) is 1.94. The van der Waals surface area contributed by atoms with E-state index in [0.717, 1.165) is 5.56 Å². The molecule has 3 aromatic carbocycles. The number of hydrogen-bond donors (Lipinski definition) is 1. The van der Waals surface area contributed by atoms with Gasteiger partial charge in [0.15, 0.2) is 23.0 Å². The largest absolute Gasteiger partial charge is 0.756 e. The Bertz CT molecular complexity index is 1170. The molecule has 1 unspecified atom stereocenters. The molecule has 0 amide bonds. The van der Waals surface area contributed by atoms with E-state index in [2.05, 4.69) is 5.90 Å². The van der Waals surface area contributed by atoms with Crippen molar-refractivity contribution in [1.29, 1.82) is 0 Å². The number of hydrogen-bond acceptors (Lipinski definition) is 7. The van der Waals surface area contributed by atoms with Crippen LogP contribution in [0.3, 0.4) is 0 Å². The fourth-order valence-electron chi connectivity index (χ4n) is 3.10. The van der Waals surface area contributed by atoms with Gasteiger partial charge in [-0.05, 0) is 47.5 Å². The highest BCUT2D eigenvalue weighted by Crippen LogP contribution is 2.58. The molecule has 0 bridgehead atoms. The molecule has 1 radical (unpaired) electrons. The van der Waals surface area contributed by atoms with Crippen molar-refractivity contribution in [2.45, 2.75) is 0 Å². The van der Waals surface area contributed by atoms with Gasteiger partial charge in [0.2, 0.25) is 11.5 Å². The van der Waals surface area contributed by atoms with Crippen molar-refractivity contribution in [2.24, 2.45) is 0 Å². The zero-order valence-corrected chi connectivity index (χ0v) is 21.3. The van der Waals surface area contributed by atoms with E-state index in [1.165, 1.54) is 13.2 Å². The molecule has 0 saturated carbocycles. The number of rotatable bonds is 11. The van der Waals surface area contributed by atoms with Crippen LogP contribution >= 0.6 is 19.8 Å². The minimum absolute atomic E-state index is 0.133. The van der Waals surface area contributed by atoms with Crippen molar-refractivity contribution in [3.05, 3.63) is 70.7 Å². The first-order chi connectivity index (χ1) is 16.8.